The molecule has 3 aromatic rings. The molecule has 0 saturated carbocycles. The second kappa shape index (κ2) is 7.39. The number of amides is 1. The highest BCUT2D eigenvalue weighted by Crippen LogP contribution is 2.24. The van der Waals surface area contributed by atoms with Crippen molar-refractivity contribution in [2.24, 2.45) is 0 Å². The van der Waals surface area contributed by atoms with Gasteiger partial charge in [-0.15, -0.1) is 0 Å². The number of anilines is 1. The third-order valence-electron chi connectivity index (χ3n) is 5.06. The molecule has 1 saturated heterocycles. The number of carbonyl (C=O) groups excluding carboxylic acids is 1. The molecule has 1 fully saturated rings. The lowest BCUT2D eigenvalue weighted by Gasteiger charge is -2.21. The molecule has 0 radical (unpaired) electrons. The highest BCUT2D eigenvalue weighted by Gasteiger charge is 2.16. The van der Waals surface area contributed by atoms with E-state index in [9.17, 15) is 4.79 Å². The van der Waals surface area contributed by atoms with Crippen LogP contribution < -0.4 is 10.2 Å². The van der Waals surface area contributed by atoms with Gasteiger partial charge < -0.3 is 10.2 Å². The zero-order valence-corrected chi connectivity index (χ0v) is 15.9. The van der Waals surface area contributed by atoms with Crippen molar-refractivity contribution in [2.75, 3.05) is 18.0 Å². The summed E-state index contributed by atoms with van der Waals surface area (Å²) in [5.74, 6) is -0.113. The van der Waals surface area contributed by atoms with Crippen molar-refractivity contribution in [1.82, 2.24) is 20.1 Å². The maximum Gasteiger partial charge on any atom is 0.253 e. The van der Waals surface area contributed by atoms with Crippen LogP contribution in [0.3, 0.4) is 0 Å². The highest BCUT2D eigenvalue weighted by molar-refractivity contribution is 5.96. The topological polar surface area (TPSA) is 63.1 Å². The molecule has 0 spiro atoms. The van der Waals surface area contributed by atoms with Crippen LogP contribution in [0.25, 0.3) is 11.0 Å². The van der Waals surface area contributed by atoms with E-state index in [-0.39, 0.29) is 11.9 Å². The second-order valence-electron chi connectivity index (χ2n) is 7.33. The summed E-state index contributed by atoms with van der Waals surface area (Å²) in [6.45, 7) is 6.81. The molecule has 1 aliphatic heterocycles. The van der Waals surface area contributed by atoms with Crippen molar-refractivity contribution in [2.45, 2.75) is 39.3 Å². The molecule has 1 aromatic carbocycles. The van der Waals surface area contributed by atoms with E-state index in [1.165, 1.54) is 18.5 Å². The summed E-state index contributed by atoms with van der Waals surface area (Å²) in [5, 5.41) is 8.29. The lowest BCUT2D eigenvalue weighted by atomic mass is 10.1. The number of para-hydroxylation sites is 1. The molecular weight excluding hydrogens is 338 g/mol. The van der Waals surface area contributed by atoms with Gasteiger partial charge in [0, 0.05) is 42.9 Å². The summed E-state index contributed by atoms with van der Waals surface area (Å²) in [6.07, 6.45) is 5.86. The maximum absolute atomic E-state index is 12.6. The summed E-state index contributed by atoms with van der Waals surface area (Å²) in [7, 11) is 0. The standard InChI is InChI=1S/C21H25N5O/c1-15(2)26-20-17(14-24-26)11-18(13-22-20)21(27)23-12-16-7-3-4-8-19(16)25-9-5-6-10-25/h3-4,7-8,11,13-15H,5-6,9-10,12H2,1-2H3,(H,23,27). The van der Waals surface area contributed by atoms with Gasteiger partial charge >= 0.3 is 0 Å². The summed E-state index contributed by atoms with van der Waals surface area (Å²) < 4.78 is 1.86. The molecule has 6 heteroatoms. The lowest BCUT2D eigenvalue weighted by Crippen LogP contribution is -2.25. The number of benzene rings is 1. The average molecular weight is 363 g/mol. The number of hydrogen-bond acceptors (Lipinski definition) is 4. The normalized spacial score (nSPS) is 14.3. The molecule has 3 heterocycles. The van der Waals surface area contributed by atoms with Gasteiger partial charge in [-0.2, -0.15) is 5.10 Å². The van der Waals surface area contributed by atoms with E-state index < -0.39 is 0 Å². The van der Waals surface area contributed by atoms with Gasteiger partial charge in [-0.1, -0.05) is 18.2 Å². The second-order valence-corrected chi connectivity index (χ2v) is 7.33. The van der Waals surface area contributed by atoms with Crippen LogP contribution in [-0.2, 0) is 6.54 Å². The molecule has 140 valence electrons. The van der Waals surface area contributed by atoms with Crippen molar-refractivity contribution in [3.05, 3.63) is 53.9 Å². The predicted molar refractivity (Wildman–Crippen MR) is 107 cm³/mol. The van der Waals surface area contributed by atoms with E-state index in [1.807, 2.05) is 16.8 Å². The highest BCUT2D eigenvalue weighted by atomic mass is 16.1. The Bertz CT molecular complexity index is 956. The smallest absolute Gasteiger partial charge is 0.253 e. The fourth-order valence-electron chi connectivity index (χ4n) is 3.65. The van der Waals surface area contributed by atoms with Gasteiger partial charge in [-0.3, -0.25) is 4.79 Å². The quantitative estimate of drug-likeness (QED) is 0.753. The summed E-state index contributed by atoms with van der Waals surface area (Å²) >= 11 is 0. The fraction of sp³-hybridized carbons (Fsp3) is 0.381. The first-order valence-electron chi connectivity index (χ1n) is 9.58. The van der Waals surface area contributed by atoms with E-state index >= 15 is 0 Å². The summed E-state index contributed by atoms with van der Waals surface area (Å²) in [5.41, 5.74) is 3.74. The van der Waals surface area contributed by atoms with Crippen LogP contribution in [0.1, 0.15) is 48.7 Å². The fourth-order valence-corrected chi connectivity index (χ4v) is 3.65. The van der Waals surface area contributed by atoms with Crippen LogP contribution in [0.4, 0.5) is 5.69 Å². The predicted octanol–water partition coefficient (Wildman–Crippen LogP) is 3.54. The first-order chi connectivity index (χ1) is 13.1. The average Bonchev–Trinajstić information content (AvgIpc) is 3.35. The first kappa shape index (κ1) is 17.5. The van der Waals surface area contributed by atoms with Crippen LogP contribution in [0.5, 0.6) is 0 Å². The minimum absolute atomic E-state index is 0.113. The van der Waals surface area contributed by atoms with E-state index in [0.29, 0.717) is 12.1 Å². The number of pyridine rings is 1. The number of rotatable bonds is 5. The molecule has 1 aliphatic rings. The molecule has 0 unspecified atom stereocenters. The molecular formula is C21H25N5O. The molecule has 2 aromatic heterocycles. The van der Waals surface area contributed by atoms with Gasteiger partial charge in [0.25, 0.3) is 5.91 Å². The molecule has 1 N–H and O–H groups in total. The molecule has 0 bridgehead atoms. The minimum atomic E-state index is -0.113. The Balaban J connectivity index is 1.49. The van der Waals surface area contributed by atoms with E-state index in [0.717, 1.165) is 29.7 Å². The largest absolute Gasteiger partial charge is 0.371 e. The Hall–Kier alpha value is -2.89. The zero-order valence-electron chi connectivity index (χ0n) is 15.9. The van der Waals surface area contributed by atoms with Gasteiger partial charge in [0.15, 0.2) is 5.65 Å². The Morgan fingerprint density at radius 3 is 2.74 bits per heavy atom. The van der Waals surface area contributed by atoms with Crippen molar-refractivity contribution in [3.63, 3.8) is 0 Å². The van der Waals surface area contributed by atoms with Crippen molar-refractivity contribution in [3.8, 4) is 0 Å². The molecule has 0 aliphatic carbocycles. The van der Waals surface area contributed by atoms with Crippen molar-refractivity contribution < 1.29 is 4.79 Å². The number of aromatic nitrogens is 3. The third-order valence-corrected chi connectivity index (χ3v) is 5.06. The van der Waals surface area contributed by atoms with Crippen molar-refractivity contribution >= 4 is 22.6 Å². The summed E-state index contributed by atoms with van der Waals surface area (Å²) in [6, 6.07) is 10.4. The molecule has 6 nitrogen and oxygen atoms in total. The molecule has 1 amide bonds. The van der Waals surface area contributed by atoms with Gasteiger partial charge in [-0.05, 0) is 44.4 Å². The summed E-state index contributed by atoms with van der Waals surface area (Å²) in [4.78, 5) is 19.5. The molecule has 27 heavy (non-hydrogen) atoms. The number of hydrogen-bond donors (Lipinski definition) is 1. The SMILES string of the molecule is CC(C)n1ncc2cc(C(=O)NCc3ccccc3N3CCCC3)cnc21. The van der Waals surface area contributed by atoms with Crippen LogP contribution in [0.2, 0.25) is 0 Å². The number of nitrogens with one attached hydrogen (secondary N) is 1. The van der Waals surface area contributed by atoms with E-state index in [2.05, 4.69) is 52.3 Å². The van der Waals surface area contributed by atoms with Crippen LogP contribution in [0, 0.1) is 0 Å². The van der Waals surface area contributed by atoms with Crippen molar-refractivity contribution in [1.29, 1.82) is 0 Å². The Morgan fingerprint density at radius 1 is 1.19 bits per heavy atom. The Labute approximate surface area is 159 Å². The van der Waals surface area contributed by atoms with Gasteiger partial charge in [0.2, 0.25) is 0 Å². The zero-order chi connectivity index (χ0) is 18.8. The first-order valence-corrected chi connectivity index (χ1v) is 9.58. The van der Waals surface area contributed by atoms with Crippen LogP contribution >= 0.6 is 0 Å². The van der Waals surface area contributed by atoms with E-state index in [4.69, 9.17) is 0 Å². The Kier molecular flexibility index (Phi) is 4.79. The van der Waals surface area contributed by atoms with E-state index in [1.54, 1.807) is 12.4 Å². The number of nitrogens with zero attached hydrogens (tertiary/aromatic N) is 4. The molecule has 0 atom stereocenters. The number of carbonyl (C=O) groups is 1. The minimum Gasteiger partial charge on any atom is -0.371 e. The van der Waals surface area contributed by atoms with Gasteiger partial charge in [0.05, 0.1) is 11.8 Å². The number of fused-ring (bicyclic) bond motifs is 1. The lowest BCUT2D eigenvalue weighted by molar-refractivity contribution is 0.0951. The third kappa shape index (κ3) is 3.52. The molecule has 4 rings (SSSR count). The van der Waals surface area contributed by atoms with Gasteiger partial charge in [0.1, 0.15) is 0 Å². The van der Waals surface area contributed by atoms with Crippen LogP contribution in [0.15, 0.2) is 42.7 Å². The Morgan fingerprint density at radius 2 is 1.96 bits per heavy atom. The maximum atomic E-state index is 12.6. The monoisotopic (exact) mass is 363 g/mol. The van der Waals surface area contributed by atoms with Crippen LogP contribution in [-0.4, -0.2) is 33.8 Å². The van der Waals surface area contributed by atoms with Gasteiger partial charge in [-0.25, -0.2) is 9.67 Å².